The molecule has 0 heterocycles. The lowest BCUT2D eigenvalue weighted by Crippen LogP contribution is -2.36. The lowest BCUT2D eigenvalue weighted by atomic mass is 9.76. The molecule has 0 saturated carbocycles. The topological polar surface area (TPSA) is 32.3 Å². The molecule has 0 aliphatic heterocycles. The Morgan fingerprint density at radius 2 is 1.42 bits per heavy atom. The summed E-state index contributed by atoms with van der Waals surface area (Å²) in [5.41, 5.74) is 4.90. The number of benzene rings is 2. The van der Waals surface area contributed by atoms with E-state index in [1.54, 1.807) is 0 Å². The fourth-order valence-corrected chi connectivity index (χ4v) is 6.65. The van der Waals surface area contributed by atoms with Crippen LogP contribution in [0.3, 0.4) is 0 Å². The predicted octanol–water partition coefficient (Wildman–Crippen LogP) is 9.06. The zero-order chi connectivity index (χ0) is 27.4. The molecule has 0 aliphatic rings. The minimum absolute atomic E-state index is 0.0169. The quantitative estimate of drug-likeness (QED) is 0.246. The molecule has 2 nitrogen and oxygen atoms in total. The molecule has 0 spiro atoms. The molecule has 202 valence electrons. The Morgan fingerprint density at radius 3 is 1.94 bits per heavy atom. The van der Waals surface area contributed by atoms with Crippen LogP contribution < -0.4 is 10.6 Å². The SMILES string of the molecule is CCCCCC(CC)(Pc1ccccc1CNC(C)(C)C)c1cc(C(C)(C)C)cc(C(C)(C)C)c1O. The Labute approximate surface area is 224 Å². The highest BCUT2D eigenvalue weighted by Crippen LogP contribution is 2.54. The summed E-state index contributed by atoms with van der Waals surface area (Å²) in [6.07, 6.45) is 5.73. The van der Waals surface area contributed by atoms with Crippen molar-refractivity contribution in [2.45, 2.75) is 136 Å². The van der Waals surface area contributed by atoms with Gasteiger partial charge in [0.1, 0.15) is 5.75 Å². The normalized spacial score (nSPS) is 15.0. The summed E-state index contributed by atoms with van der Waals surface area (Å²) in [7, 11) is 0.603. The molecule has 2 aromatic rings. The first-order chi connectivity index (χ1) is 16.5. The molecule has 2 aromatic carbocycles. The van der Waals surface area contributed by atoms with Gasteiger partial charge in [-0.05, 0) is 66.4 Å². The van der Waals surface area contributed by atoms with Crippen LogP contribution in [0.25, 0.3) is 0 Å². The Bertz CT molecular complexity index is 990. The first kappa shape index (κ1) is 30.9. The van der Waals surface area contributed by atoms with Gasteiger partial charge >= 0.3 is 0 Å². The standard InChI is InChI=1S/C33H54NOP/c1-12-14-17-20-33(13-2,36-28-19-16-15-18-24(28)23-34-32(9,10)11)27-22-25(30(3,4)5)21-26(29(27)35)31(6,7)8/h15-16,18-19,21-22,34-36H,12-14,17,20,23H2,1-11H3. The summed E-state index contributed by atoms with van der Waals surface area (Å²) in [5.74, 6) is 0.520. The minimum Gasteiger partial charge on any atom is -0.507 e. The first-order valence-corrected chi connectivity index (χ1v) is 15.0. The van der Waals surface area contributed by atoms with E-state index in [0.717, 1.165) is 30.5 Å². The van der Waals surface area contributed by atoms with E-state index < -0.39 is 0 Å². The Morgan fingerprint density at radius 1 is 0.806 bits per heavy atom. The van der Waals surface area contributed by atoms with Gasteiger partial charge in [0.25, 0.3) is 0 Å². The van der Waals surface area contributed by atoms with E-state index >= 15 is 0 Å². The van der Waals surface area contributed by atoms with Crippen molar-refractivity contribution in [3.8, 4) is 5.75 Å². The maximum atomic E-state index is 11.9. The summed E-state index contributed by atoms with van der Waals surface area (Å²) in [5, 5.41) is 16.9. The number of aromatic hydroxyl groups is 1. The first-order valence-electron chi connectivity index (χ1n) is 14.0. The van der Waals surface area contributed by atoms with Gasteiger partial charge in [-0.25, -0.2) is 0 Å². The van der Waals surface area contributed by atoms with Crippen molar-refractivity contribution in [1.29, 1.82) is 0 Å². The van der Waals surface area contributed by atoms with Gasteiger partial charge in [0.05, 0.1) is 0 Å². The van der Waals surface area contributed by atoms with Gasteiger partial charge in [-0.1, -0.05) is 120 Å². The van der Waals surface area contributed by atoms with Gasteiger partial charge in [0, 0.05) is 22.8 Å². The fraction of sp³-hybridized carbons (Fsp3) is 0.636. The molecule has 36 heavy (non-hydrogen) atoms. The summed E-state index contributed by atoms with van der Waals surface area (Å²) < 4.78 is 0. The molecule has 0 amide bonds. The predicted molar refractivity (Wildman–Crippen MR) is 163 cm³/mol. The van der Waals surface area contributed by atoms with Crippen LogP contribution in [0.2, 0.25) is 0 Å². The number of hydrogen-bond donors (Lipinski definition) is 2. The van der Waals surface area contributed by atoms with Crippen LogP contribution in [0, 0.1) is 0 Å². The molecule has 2 rings (SSSR count). The van der Waals surface area contributed by atoms with Gasteiger partial charge < -0.3 is 10.4 Å². The van der Waals surface area contributed by atoms with Crippen LogP contribution in [0.5, 0.6) is 5.75 Å². The molecule has 0 aromatic heterocycles. The lowest BCUT2D eigenvalue weighted by molar-refractivity contribution is 0.415. The summed E-state index contributed by atoms with van der Waals surface area (Å²) in [6, 6.07) is 13.5. The van der Waals surface area contributed by atoms with E-state index in [4.69, 9.17) is 0 Å². The summed E-state index contributed by atoms with van der Waals surface area (Å²) in [4.78, 5) is 0. The molecular formula is C33H54NOP. The Balaban J connectivity index is 2.74. The van der Waals surface area contributed by atoms with Gasteiger partial charge in [-0.2, -0.15) is 0 Å². The smallest absolute Gasteiger partial charge is 0.123 e. The molecule has 2 atom stereocenters. The molecule has 0 aliphatic carbocycles. The highest BCUT2D eigenvalue weighted by atomic mass is 31.1. The van der Waals surface area contributed by atoms with Crippen molar-refractivity contribution >= 4 is 13.9 Å². The minimum atomic E-state index is -0.124. The van der Waals surface area contributed by atoms with Crippen molar-refractivity contribution in [3.05, 3.63) is 58.7 Å². The van der Waals surface area contributed by atoms with Gasteiger partial charge in [0.15, 0.2) is 0 Å². The molecule has 0 saturated heterocycles. The van der Waals surface area contributed by atoms with Crippen LogP contribution >= 0.6 is 8.58 Å². The van der Waals surface area contributed by atoms with Crippen LogP contribution in [-0.2, 0) is 22.5 Å². The fourth-order valence-electron chi connectivity index (χ4n) is 4.82. The highest BCUT2D eigenvalue weighted by molar-refractivity contribution is 7.48. The number of phenolic OH excluding ortho intramolecular Hbond substituents is 1. The van der Waals surface area contributed by atoms with Crippen molar-refractivity contribution in [1.82, 2.24) is 5.32 Å². The second kappa shape index (κ2) is 12.0. The molecule has 0 radical (unpaired) electrons. The highest BCUT2D eigenvalue weighted by Gasteiger charge is 2.37. The summed E-state index contributed by atoms with van der Waals surface area (Å²) >= 11 is 0. The third kappa shape index (κ3) is 8.06. The molecule has 2 unspecified atom stereocenters. The van der Waals surface area contributed by atoms with Crippen molar-refractivity contribution < 1.29 is 5.11 Å². The maximum Gasteiger partial charge on any atom is 0.123 e. The van der Waals surface area contributed by atoms with Crippen molar-refractivity contribution in [2.75, 3.05) is 0 Å². The second-order valence-corrected chi connectivity index (χ2v) is 15.4. The number of hydrogen-bond acceptors (Lipinski definition) is 2. The molecule has 0 fully saturated rings. The average molecular weight is 512 g/mol. The second-order valence-electron chi connectivity index (χ2n) is 13.7. The van der Waals surface area contributed by atoms with E-state index in [1.165, 1.54) is 35.7 Å². The van der Waals surface area contributed by atoms with Gasteiger partial charge in [-0.3, -0.25) is 0 Å². The van der Waals surface area contributed by atoms with E-state index in [-0.39, 0.29) is 21.5 Å². The molecule has 2 N–H and O–H groups in total. The number of phenols is 1. The largest absolute Gasteiger partial charge is 0.507 e. The van der Waals surface area contributed by atoms with Gasteiger partial charge in [0.2, 0.25) is 0 Å². The van der Waals surface area contributed by atoms with Crippen LogP contribution in [0.4, 0.5) is 0 Å². The number of unbranched alkanes of at least 4 members (excludes halogenated alkanes) is 2. The van der Waals surface area contributed by atoms with Crippen LogP contribution in [0.15, 0.2) is 36.4 Å². The average Bonchev–Trinajstić information content (AvgIpc) is 2.76. The van der Waals surface area contributed by atoms with E-state index in [1.807, 2.05) is 0 Å². The van der Waals surface area contributed by atoms with E-state index in [9.17, 15) is 5.11 Å². The maximum absolute atomic E-state index is 11.9. The zero-order valence-corrected chi connectivity index (χ0v) is 26.2. The van der Waals surface area contributed by atoms with Crippen LogP contribution in [-0.4, -0.2) is 10.6 Å². The number of nitrogens with one attached hydrogen (secondary N) is 1. The summed E-state index contributed by atoms with van der Waals surface area (Å²) in [6.45, 7) is 25.7. The zero-order valence-electron chi connectivity index (χ0n) is 25.2. The van der Waals surface area contributed by atoms with Crippen LogP contribution in [0.1, 0.15) is 131 Å². The lowest BCUT2D eigenvalue weighted by Gasteiger charge is -2.38. The molecule has 3 heteroatoms. The Hall–Kier alpha value is -1.37. The molecule has 0 bridgehead atoms. The number of rotatable bonds is 10. The third-order valence-corrected chi connectivity index (χ3v) is 9.42. The van der Waals surface area contributed by atoms with E-state index in [2.05, 4.69) is 118 Å². The third-order valence-electron chi connectivity index (χ3n) is 7.31. The molecular weight excluding hydrogens is 457 g/mol. The van der Waals surface area contributed by atoms with E-state index in [0.29, 0.717) is 14.3 Å². The van der Waals surface area contributed by atoms with Gasteiger partial charge in [-0.15, -0.1) is 0 Å². The van der Waals surface area contributed by atoms with Crippen molar-refractivity contribution in [3.63, 3.8) is 0 Å². The monoisotopic (exact) mass is 511 g/mol. The van der Waals surface area contributed by atoms with Crippen molar-refractivity contribution in [2.24, 2.45) is 0 Å². The Kier molecular flexibility index (Phi) is 10.3.